The third-order valence-corrected chi connectivity index (χ3v) is 4.34. The van der Waals surface area contributed by atoms with Gasteiger partial charge in [-0.3, -0.25) is 14.4 Å². The first kappa shape index (κ1) is 17.3. The largest absolute Gasteiger partial charge is 0.339 e. The van der Waals surface area contributed by atoms with E-state index in [2.05, 4.69) is 5.32 Å². The van der Waals surface area contributed by atoms with Crippen LogP contribution in [0.15, 0.2) is 18.2 Å². The second-order valence-corrected chi connectivity index (χ2v) is 5.93. The molecule has 23 heavy (non-hydrogen) atoms. The second kappa shape index (κ2) is 7.46. The van der Waals surface area contributed by atoms with E-state index in [1.54, 1.807) is 34.9 Å². The highest BCUT2D eigenvalue weighted by atomic mass is 35.5. The van der Waals surface area contributed by atoms with Crippen molar-refractivity contribution in [2.24, 2.45) is 0 Å². The maximum atomic E-state index is 12.2. The van der Waals surface area contributed by atoms with Crippen molar-refractivity contribution in [2.75, 3.05) is 31.5 Å². The summed E-state index contributed by atoms with van der Waals surface area (Å²) in [6, 6.07) is 5.23. The molecule has 3 amide bonds. The van der Waals surface area contributed by atoms with Crippen molar-refractivity contribution in [3.05, 3.63) is 28.8 Å². The Hall–Kier alpha value is -2.08. The van der Waals surface area contributed by atoms with Gasteiger partial charge in [0.05, 0.1) is 0 Å². The number of halogens is 1. The molecule has 1 aromatic carbocycles. The van der Waals surface area contributed by atoms with Crippen LogP contribution in [0.4, 0.5) is 5.69 Å². The lowest BCUT2D eigenvalue weighted by molar-refractivity contribution is -0.140. The zero-order valence-electron chi connectivity index (χ0n) is 13.3. The molecule has 1 aromatic rings. The molecule has 1 fully saturated rings. The summed E-state index contributed by atoms with van der Waals surface area (Å²) in [6.07, 6.45) is -0.216. The molecule has 0 bridgehead atoms. The predicted octanol–water partition coefficient (Wildman–Crippen LogP) is 1.67. The fourth-order valence-corrected chi connectivity index (χ4v) is 2.63. The van der Waals surface area contributed by atoms with E-state index in [1.807, 2.05) is 0 Å². The van der Waals surface area contributed by atoms with Crippen LogP contribution in [0.1, 0.15) is 18.9 Å². The van der Waals surface area contributed by atoms with Gasteiger partial charge in [0.2, 0.25) is 17.7 Å². The van der Waals surface area contributed by atoms with E-state index in [0.717, 1.165) is 5.56 Å². The van der Waals surface area contributed by atoms with Gasteiger partial charge in [-0.1, -0.05) is 17.7 Å². The summed E-state index contributed by atoms with van der Waals surface area (Å²) < 4.78 is 0. The SMILES string of the molecule is CC(=O)N1CCN(C(=O)CC(=O)Nc2cccc(Cl)c2C)CC1. The summed E-state index contributed by atoms with van der Waals surface area (Å²) in [5.41, 5.74) is 1.38. The minimum Gasteiger partial charge on any atom is -0.339 e. The Bertz CT molecular complexity index is 625. The maximum absolute atomic E-state index is 12.2. The topological polar surface area (TPSA) is 69.7 Å². The van der Waals surface area contributed by atoms with Crippen LogP contribution in [-0.2, 0) is 14.4 Å². The van der Waals surface area contributed by atoms with E-state index in [0.29, 0.717) is 36.9 Å². The Morgan fingerprint density at radius 1 is 1.13 bits per heavy atom. The number of nitrogens with one attached hydrogen (secondary N) is 1. The molecule has 7 heteroatoms. The molecular formula is C16H20ClN3O3. The molecule has 0 radical (unpaired) electrons. The molecule has 0 unspecified atom stereocenters. The van der Waals surface area contributed by atoms with Crippen LogP contribution in [-0.4, -0.2) is 53.7 Å². The number of rotatable bonds is 3. The molecule has 2 rings (SSSR count). The number of piperazine rings is 1. The van der Waals surface area contributed by atoms with Crippen LogP contribution in [0.25, 0.3) is 0 Å². The highest BCUT2D eigenvalue weighted by Gasteiger charge is 2.23. The highest BCUT2D eigenvalue weighted by molar-refractivity contribution is 6.31. The molecule has 1 N–H and O–H groups in total. The molecule has 0 aromatic heterocycles. The van der Waals surface area contributed by atoms with Crippen molar-refractivity contribution in [3.8, 4) is 0 Å². The maximum Gasteiger partial charge on any atom is 0.233 e. The summed E-state index contributed by atoms with van der Waals surface area (Å²) >= 11 is 6.01. The number of hydrogen-bond donors (Lipinski definition) is 1. The van der Waals surface area contributed by atoms with Gasteiger partial charge in [-0.15, -0.1) is 0 Å². The van der Waals surface area contributed by atoms with Crippen LogP contribution in [0.5, 0.6) is 0 Å². The first-order valence-corrected chi connectivity index (χ1v) is 7.84. The Morgan fingerprint density at radius 2 is 1.74 bits per heavy atom. The lowest BCUT2D eigenvalue weighted by Gasteiger charge is -2.34. The molecule has 0 atom stereocenters. The van der Waals surface area contributed by atoms with Gasteiger partial charge < -0.3 is 15.1 Å². The molecule has 1 heterocycles. The van der Waals surface area contributed by atoms with Gasteiger partial charge >= 0.3 is 0 Å². The normalized spacial score (nSPS) is 14.6. The first-order valence-electron chi connectivity index (χ1n) is 7.46. The van der Waals surface area contributed by atoms with Crippen molar-refractivity contribution in [3.63, 3.8) is 0 Å². The van der Waals surface area contributed by atoms with E-state index < -0.39 is 0 Å². The zero-order valence-corrected chi connectivity index (χ0v) is 14.0. The average Bonchev–Trinajstić information content (AvgIpc) is 2.52. The number of amides is 3. The smallest absolute Gasteiger partial charge is 0.233 e. The lowest BCUT2D eigenvalue weighted by atomic mass is 10.2. The summed E-state index contributed by atoms with van der Waals surface area (Å²) in [4.78, 5) is 38.8. The van der Waals surface area contributed by atoms with Gasteiger partial charge in [-0.25, -0.2) is 0 Å². The molecule has 0 saturated carbocycles. The van der Waals surface area contributed by atoms with E-state index in [1.165, 1.54) is 6.92 Å². The first-order chi connectivity index (χ1) is 10.9. The lowest BCUT2D eigenvalue weighted by Crippen LogP contribution is -2.50. The quantitative estimate of drug-likeness (QED) is 0.853. The van der Waals surface area contributed by atoms with E-state index in [-0.39, 0.29) is 24.1 Å². The van der Waals surface area contributed by atoms with Crippen molar-refractivity contribution in [1.82, 2.24) is 9.80 Å². The van der Waals surface area contributed by atoms with E-state index >= 15 is 0 Å². The van der Waals surface area contributed by atoms with Gasteiger partial charge in [-0.2, -0.15) is 0 Å². The molecule has 1 aliphatic heterocycles. The Labute approximate surface area is 140 Å². The fraction of sp³-hybridized carbons (Fsp3) is 0.438. The number of nitrogens with zero attached hydrogens (tertiary/aromatic N) is 2. The molecule has 1 aliphatic rings. The summed E-state index contributed by atoms with van der Waals surface area (Å²) in [7, 11) is 0. The standard InChI is InChI=1S/C16H20ClN3O3/c1-11-13(17)4-3-5-14(11)18-15(22)10-16(23)20-8-6-19(7-9-20)12(2)21/h3-5H,6-10H2,1-2H3,(H,18,22). The van der Waals surface area contributed by atoms with Crippen molar-refractivity contribution >= 4 is 35.0 Å². The molecule has 0 spiro atoms. The van der Waals surface area contributed by atoms with Crippen molar-refractivity contribution in [2.45, 2.75) is 20.3 Å². The third-order valence-electron chi connectivity index (χ3n) is 3.93. The molecule has 1 saturated heterocycles. The third kappa shape index (κ3) is 4.45. The Balaban J connectivity index is 1.87. The van der Waals surface area contributed by atoms with Crippen molar-refractivity contribution < 1.29 is 14.4 Å². The van der Waals surface area contributed by atoms with Crippen LogP contribution in [0.2, 0.25) is 5.02 Å². The summed E-state index contributed by atoms with van der Waals surface area (Å²) in [5.74, 6) is -0.592. The van der Waals surface area contributed by atoms with Crippen LogP contribution in [0.3, 0.4) is 0 Å². The van der Waals surface area contributed by atoms with Gasteiger partial charge in [0, 0.05) is 43.8 Å². The number of benzene rings is 1. The monoisotopic (exact) mass is 337 g/mol. The van der Waals surface area contributed by atoms with E-state index in [4.69, 9.17) is 11.6 Å². The minimum absolute atomic E-state index is 0.00581. The van der Waals surface area contributed by atoms with E-state index in [9.17, 15) is 14.4 Å². The van der Waals surface area contributed by atoms with Crippen LogP contribution < -0.4 is 5.32 Å². The average molecular weight is 338 g/mol. The number of carbonyl (C=O) groups is 3. The number of hydrogen-bond acceptors (Lipinski definition) is 3. The minimum atomic E-state index is -0.366. The Kier molecular flexibility index (Phi) is 5.60. The second-order valence-electron chi connectivity index (χ2n) is 5.52. The molecule has 0 aliphatic carbocycles. The Morgan fingerprint density at radius 3 is 2.35 bits per heavy atom. The van der Waals surface area contributed by atoms with Gasteiger partial charge in [0.25, 0.3) is 0 Å². The predicted molar refractivity (Wildman–Crippen MR) is 88.3 cm³/mol. The van der Waals surface area contributed by atoms with Gasteiger partial charge in [-0.05, 0) is 24.6 Å². The zero-order chi connectivity index (χ0) is 17.0. The van der Waals surface area contributed by atoms with Crippen LogP contribution >= 0.6 is 11.6 Å². The van der Waals surface area contributed by atoms with Crippen molar-refractivity contribution in [1.29, 1.82) is 0 Å². The molecule has 124 valence electrons. The van der Waals surface area contributed by atoms with Crippen LogP contribution in [0, 0.1) is 6.92 Å². The highest BCUT2D eigenvalue weighted by Crippen LogP contribution is 2.23. The van der Waals surface area contributed by atoms with Gasteiger partial charge in [0.15, 0.2) is 0 Å². The fourth-order valence-electron chi connectivity index (χ4n) is 2.46. The number of carbonyl (C=O) groups excluding carboxylic acids is 3. The van der Waals surface area contributed by atoms with Gasteiger partial charge in [0.1, 0.15) is 6.42 Å². The molecular weight excluding hydrogens is 318 g/mol. The summed E-state index contributed by atoms with van der Waals surface area (Å²) in [5, 5.41) is 3.28. The number of anilines is 1. The molecule has 6 nitrogen and oxygen atoms in total. The summed E-state index contributed by atoms with van der Waals surface area (Å²) in [6.45, 7) is 5.26.